The van der Waals surface area contributed by atoms with Crippen molar-refractivity contribution < 1.29 is 9.90 Å². The molecule has 0 fully saturated rings. The Balaban J connectivity index is 2.58. The van der Waals surface area contributed by atoms with Crippen molar-refractivity contribution in [1.82, 2.24) is 9.97 Å². The van der Waals surface area contributed by atoms with Crippen molar-refractivity contribution in [3.63, 3.8) is 0 Å². The van der Waals surface area contributed by atoms with Gasteiger partial charge in [-0.25, -0.2) is 4.98 Å². The van der Waals surface area contributed by atoms with Gasteiger partial charge in [-0.15, -0.1) is 11.8 Å². The van der Waals surface area contributed by atoms with E-state index in [0.717, 1.165) is 16.4 Å². The second kappa shape index (κ2) is 5.11. The maximum atomic E-state index is 10.6. The molecule has 0 saturated carbocycles. The minimum atomic E-state index is -0.778. The number of aromatic nitrogens is 2. The van der Waals surface area contributed by atoms with Gasteiger partial charge >= 0.3 is 5.97 Å². The molecule has 1 rings (SSSR count). The molecule has 4 nitrogen and oxygen atoms in total. The van der Waals surface area contributed by atoms with E-state index >= 15 is 0 Å². The Morgan fingerprint density at radius 3 is 2.73 bits per heavy atom. The molecule has 0 spiro atoms. The summed E-state index contributed by atoms with van der Waals surface area (Å²) in [5, 5.41) is 9.49. The SMILES string of the molecule is Cc1ncc(SCC(C)C(=O)O)nc1C. The fourth-order valence-corrected chi connectivity index (χ4v) is 1.76. The van der Waals surface area contributed by atoms with Crippen LogP contribution < -0.4 is 0 Å². The van der Waals surface area contributed by atoms with Crippen molar-refractivity contribution in [3.8, 4) is 0 Å². The lowest BCUT2D eigenvalue weighted by atomic mass is 10.2. The van der Waals surface area contributed by atoms with Crippen molar-refractivity contribution in [3.05, 3.63) is 17.6 Å². The Kier molecular flexibility index (Phi) is 4.08. The molecule has 0 saturated heterocycles. The molecule has 5 heteroatoms. The average molecular weight is 226 g/mol. The zero-order valence-corrected chi connectivity index (χ0v) is 9.84. The molecule has 0 aliphatic heterocycles. The van der Waals surface area contributed by atoms with Gasteiger partial charge in [-0.05, 0) is 13.8 Å². The molecule has 15 heavy (non-hydrogen) atoms. The predicted octanol–water partition coefficient (Wildman–Crippen LogP) is 1.91. The van der Waals surface area contributed by atoms with Crippen molar-refractivity contribution in [2.24, 2.45) is 5.92 Å². The molecule has 1 atom stereocenters. The number of carbonyl (C=O) groups is 1. The van der Waals surface area contributed by atoms with Crippen LogP contribution in [0.1, 0.15) is 18.3 Å². The molecule has 0 aromatic carbocycles. The highest BCUT2D eigenvalue weighted by molar-refractivity contribution is 7.99. The summed E-state index contributed by atoms with van der Waals surface area (Å²) in [4.78, 5) is 19.1. The highest BCUT2D eigenvalue weighted by atomic mass is 32.2. The van der Waals surface area contributed by atoms with Crippen LogP contribution in [0.5, 0.6) is 0 Å². The minimum absolute atomic E-state index is 0.363. The van der Waals surface area contributed by atoms with Crippen LogP contribution in [0.3, 0.4) is 0 Å². The van der Waals surface area contributed by atoms with Gasteiger partial charge in [0, 0.05) is 5.75 Å². The Bertz CT molecular complexity index is 368. The number of aliphatic carboxylic acids is 1. The first-order valence-electron chi connectivity index (χ1n) is 4.66. The molecule has 0 bridgehead atoms. The highest BCUT2D eigenvalue weighted by Crippen LogP contribution is 2.18. The zero-order chi connectivity index (χ0) is 11.4. The molecule has 1 N–H and O–H groups in total. The number of aryl methyl sites for hydroxylation is 2. The van der Waals surface area contributed by atoms with E-state index in [1.807, 2.05) is 13.8 Å². The Hall–Kier alpha value is -1.10. The normalized spacial score (nSPS) is 12.5. The van der Waals surface area contributed by atoms with Crippen LogP contribution in [0.25, 0.3) is 0 Å². The molecule has 1 unspecified atom stereocenters. The summed E-state index contributed by atoms with van der Waals surface area (Å²) in [6.07, 6.45) is 1.68. The largest absolute Gasteiger partial charge is 0.481 e. The quantitative estimate of drug-likeness (QED) is 0.794. The van der Waals surface area contributed by atoms with E-state index in [2.05, 4.69) is 9.97 Å². The molecule has 82 valence electrons. The first kappa shape index (κ1) is 12.0. The van der Waals surface area contributed by atoms with Crippen LogP contribution in [-0.2, 0) is 4.79 Å². The van der Waals surface area contributed by atoms with E-state index in [4.69, 9.17) is 5.11 Å². The average Bonchev–Trinajstić information content (AvgIpc) is 2.19. The monoisotopic (exact) mass is 226 g/mol. The lowest BCUT2D eigenvalue weighted by molar-refractivity contribution is -0.140. The lowest BCUT2D eigenvalue weighted by Crippen LogP contribution is -2.11. The number of thioether (sulfide) groups is 1. The molecule has 0 aliphatic carbocycles. The fraction of sp³-hybridized carbons (Fsp3) is 0.500. The summed E-state index contributed by atoms with van der Waals surface area (Å²) in [6.45, 7) is 5.48. The standard InChI is InChI=1S/C10H14N2O2S/c1-6(10(13)14)5-15-9-4-11-7(2)8(3)12-9/h4,6H,5H2,1-3H3,(H,13,14). The van der Waals surface area contributed by atoms with Gasteiger partial charge in [0.2, 0.25) is 0 Å². The van der Waals surface area contributed by atoms with E-state index in [9.17, 15) is 4.79 Å². The van der Waals surface area contributed by atoms with Crippen LogP contribution in [0, 0.1) is 19.8 Å². The molecule has 1 heterocycles. The molecule has 0 radical (unpaired) electrons. The van der Waals surface area contributed by atoms with E-state index in [1.54, 1.807) is 13.1 Å². The van der Waals surface area contributed by atoms with Gasteiger partial charge in [-0.2, -0.15) is 0 Å². The molecule has 1 aromatic rings. The summed E-state index contributed by atoms with van der Waals surface area (Å²) in [7, 11) is 0. The number of carboxylic acids is 1. The van der Waals surface area contributed by atoms with E-state index in [-0.39, 0.29) is 5.92 Å². The zero-order valence-electron chi connectivity index (χ0n) is 9.02. The number of hydrogen-bond donors (Lipinski definition) is 1. The van der Waals surface area contributed by atoms with Gasteiger partial charge in [-0.3, -0.25) is 9.78 Å². The van der Waals surface area contributed by atoms with Crippen molar-refractivity contribution in [2.45, 2.75) is 25.8 Å². The summed E-state index contributed by atoms with van der Waals surface area (Å²) >= 11 is 1.43. The topological polar surface area (TPSA) is 63.1 Å². The first-order valence-corrected chi connectivity index (χ1v) is 5.65. The van der Waals surface area contributed by atoms with Crippen molar-refractivity contribution >= 4 is 17.7 Å². The van der Waals surface area contributed by atoms with Gasteiger partial charge in [0.05, 0.1) is 23.5 Å². The fourth-order valence-electron chi connectivity index (χ4n) is 0.872. The third-order valence-electron chi connectivity index (χ3n) is 2.07. The molecular formula is C10H14N2O2S. The van der Waals surface area contributed by atoms with Crippen molar-refractivity contribution in [1.29, 1.82) is 0 Å². The second-order valence-corrected chi connectivity index (χ2v) is 4.47. The molecule has 0 aliphatic rings. The Morgan fingerprint density at radius 2 is 2.20 bits per heavy atom. The van der Waals surface area contributed by atoms with Gasteiger partial charge in [0.15, 0.2) is 0 Å². The predicted molar refractivity (Wildman–Crippen MR) is 59.0 cm³/mol. The van der Waals surface area contributed by atoms with Crippen LogP contribution in [0.15, 0.2) is 11.2 Å². The van der Waals surface area contributed by atoms with E-state index in [1.165, 1.54) is 11.8 Å². The van der Waals surface area contributed by atoms with Gasteiger partial charge < -0.3 is 5.11 Å². The smallest absolute Gasteiger partial charge is 0.307 e. The Labute approximate surface area is 93.1 Å². The van der Waals surface area contributed by atoms with Crippen LogP contribution in [-0.4, -0.2) is 26.8 Å². The van der Waals surface area contributed by atoms with Crippen molar-refractivity contribution in [2.75, 3.05) is 5.75 Å². The summed E-state index contributed by atoms with van der Waals surface area (Å²) in [5.41, 5.74) is 1.80. The third-order valence-corrected chi connectivity index (χ3v) is 3.23. The van der Waals surface area contributed by atoms with Crippen LogP contribution in [0.2, 0.25) is 0 Å². The van der Waals surface area contributed by atoms with Gasteiger partial charge in [0.1, 0.15) is 5.03 Å². The summed E-state index contributed by atoms with van der Waals surface area (Å²) < 4.78 is 0. The summed E-state index contributed by atoms with van der Waals surface area (Å²) in [6, 6.07) is 0. The second-order valence-electron chi connectivity index (χ2n) is 3.43. The lowest BCUT2D eigenvalue weighted by Gasteiger charge is -2.06. The molecule has 0 amide bonds. The number of carboxylic acid groups (broad SMARTS) is 1. The van der Waals surface area contributed by atoms with E-state index < -0.39 is 5.97 Å². The van der Waals surface area contributed by atoms with Crippen LogP contribution >= 0.6 is 11.8 Å². The maximum absolute atomic E-state index is 10.6. The number of nitrogens with zero attached hydrogens (tertiary/aromatic N) is 2. The number of rotatable bonds is 4. The third kappa shape index (κ3) is 3.51. The molecule has 1 aromatic heterocycles. The van der Waals surface area contributed by atoms with Crippen LogP contribution in [0.4, 0.5) is 0 Å². The maximum Gasteiger partial charge on any atom is 0.307 e. The van der Waals surface area contributed by atoms with Gasteiger partial charge in [0.25, 0.3) is 0 Å². The number of hydrogen-bond acceptors (Lipinski definition) is 4. The highest BCUT2D eigenvalue weighted by Gasteiger charge is 2.11. The minimum Gasteiger partial charge on any atom is -0.481 e. The summed E-state index contributed by atoms with van der Waals surface area (Å²) in [5.74, 6) is -0.621. The molecular weight excluding hydrogens is 212 g/mol. The van der Waals surface area contributed by atoms with E-state index in [0.29, 0.717) is 5.75 Å². The Morgan fingerprint density at radius 1 is 1.53 bits per heavy atom. The van der Waals surface area contributed by atoms with Gasteiger partial charge in [-0.1, -0.05) is 6.92 Å². The first-order chi connectivity index (χ1) is 7.00.